The van der Waals surface area contributed by atoms with E-state index in [2.05, 4.69) is 29.0 Å². The first-order chi connectivity index (χ1) is 15.4. The number of carbonyl (C=O) groups excluding carboxylic acids is 1. The van der Waals surface area contributed by atoms with Gasteiger partial charge in [-0.15, -0.1) is 0 Å². The number of anilines is 1. The Morgan fingerprint density at radius 1 is 1.16 bits per heavy atom. The van der Waals surface area contributed by atoms with Gasteiger partial charge in [0, 0.05) is 35.4 Å². The predicted octanol–water partition coefficient (Wildman–Crippen LogP) is 5.53. The Kier molecular flexibility index (Phi) is 6.92. The number of benzene rings is 2. The van der Waals surface area contributed by atoms with Crippen molar-refractivity contribution in [2.24, 2.45) is 5.92 Å². The number of carbonyl (C=O) groups is 1. The topological polar surface area (TPSA) is 54.5 Å². The molecule has 1 amide bonds. The van der Waals surface area contributed by atoms with E-state index >= 15 is 0 Å². The van der Waals surface area contributed by atoms with Gasteiger partial charge in [-0.25, -0.2) is 4.39 Å². The van der Waals surface area contributed by atoms with Crippen LogP contribution in [0.5, 0.6) is 5.75 Å². The quantitative estimate of drug-likeness (QED) is 0.530. The Hall–Kier alpha value is -2.70. The molecule has 2 heterocycles. The number of ether oxygens (including phenoxy) is 1. The molecule has 0 radical (unpaired) electrons. The maximum absolute atomic E-state index is 13.7. The number of nitrogens with zero attached hydrogens (tertiary/aromatic N) is 2. The van der Waals surface area contributed by atoms with Crippen LogP contribution in [-0.2, 0) is 4.79 Å². The summed E-state index contributed by atoms with van der Waals surface area (Å²) in [6.07, 6.45) is 3.26. The predicted molar refractivity (Wildman–Crippen MR) is 126 cm³/mol. The minimum atomic E-state index is -0.309. The van der Waals surface area contributed by atoms with Crippen LogP contribution in [0, 0.1) is 11.7 Å². The molecular weight excluding hydrogens is 429 g/mol. The maximum Gasteiger partial charge on any atom is 0.241 e. The summed E-state index contributed by atoms with van der Waals surface area (Å²) < 4.78 is 20.0. The number of nitrogens with one attached hydrogen (secondary N) is 1. The van der Waals surface area contributed by atoms with Crippen LogP contribution in [0.4, 0.5) is 10.1 Å². The highest BCUT2D eigenvalue weighted by atomic mass is 35.5. The van der Waals surface area contributed by atoms with Crippen LogP contribution in [0.25, 0.3) is 10.9 Å². The molecule has 1 fully saturated rings. The molecule has 0 saturated carbocycles. The average Bonchev–Trinajstić information content (AvgIpc) is 2.77. The molecule has 0 spiro atoms. The van der Waals surface area contributed by atoms with Crippen LogP contribution < -0.4 is 10.1 Å². The molecule has 1 aliphatic heterocycles. The van der Waals surface area contributed by atoms with Crippen molar-refractivity contribution in [3.05, 3.63) is 65.6 Å². The van der Waals surface area contributed by atoms with Crippen molar-refractivity contribution in [3.63, 3.8) is 0 Å². The molecule has 7 heteroatoms. The number of halogens is 2. The lowest BCUT2D eigenvalue weighted by molar-refractivity contribution is -0.123. The highest BCUT2D eigenvalue weighted by molar-refractivity contribution is 6.30. The van der Waals surface area contributed by atoms with Gasteiger partial charge in [0.15, 0.2) is 0 Å². The van der Waals surface area contributed by atoms with E-state index in [0.29, 0.717) is 21.7 Å². The molecule has 1 aliphatic rings. The second kappa shape index (κ2) is 9.84. The number of hydrogen-bond acceptors (Lipinski definition) is 4. The summed E-state index contributed by atoms with van der Waals surface area (Å²) in [5, 5.41) is 4.32. The maximum atomic E-state index is 13.7. The van der Waals surface area contributed by atoms with Crippen molar-refractivity contribution >= 4 is 34.1 Å². The highest BCUT2D eigenvalue weighted by Gasteiger charge is 2.32. The Morgan fingerprint density at radius 2 is 1.88 bits per heavy atom. The second-order valence-electron chi connectivity index (χ2n) is 8.51. The van der Waals surface area contributed by atoms with Gasteiger partial charge < -0.3 is 10.1 Å². The zero-order valence-corrected chi connectivity index (χ0v) is 19.0. The van der Waals surface area contributed by atoms with Gasteiger partial charge in [0.25, 0.3) is 0 Å². The molecule has 4 rings (SSSR count). The fourth-order valence-corrected chi connectivity index (χ4v) is 4.41. The van der Waals surface area contributed by atoms with Crippen molar-refractivity contribution in [3.8, 4) is 5.75 Å². The lowest BCUT2D eigenvalue weighted by Gasteiger charge is -2.38. The van der Waals surface area contributed by atoms with Crippen molar-refractivity contribution < 1.29 is 13.9 Å². The summed E-state index contributed by atoms with van der Waals surface area (Å²) in [5.41, 5.74) is 1.44. The van der Waals surface area contributed by atoms with E-state index in [1.54, 1.807) is 42.6 Å². The molecule has 32 heavy (non-hydrogen) atoms. The molecular formula is C25H27ClFN3O2. The number of likely N-dealkylation sites (tertiary alicyclic amines) is 1. The molecule has 0 bridgehead atoms. The highest BCUT2D eigenvalue weighted by Crippen LogP contribution is 2.28. The summed E-state index contributed by atoms with van der Waals surface area (Å²) >= 11 is 5.94. The van der Waals surface area contributed by atoms with Crippen LogP contribution in [0.1, 0.15) is 26.7 Å². The Morgan fingerprint density at radius 3 is 2.56 bits per heavy atom. The number of aromatic nitrogens is 1. The van der Waals surface area contributed by atoms with Crippen LogP contribution >= 0.6 is 11.6 Å². The van der Waals surface area contributed by atoms with Gasteiger partial charge in [-0.3, -0.25) is 14.7 Å². The first kappa shape index (κ1) is 22.5. The van der Waals surface area contributed by atoms with E-state index in [0.717, 1.165) is 31.6 Å². The molecule has 1 saturated heterocycles. The second-order valence-corrected chi connectivity index (χ2v) is 8.95. The average molecular weight is 456 g/mol. The standard InChI is InChI=1S/C25H27ClFN3O2/c1-16(2)24(25(31)29-19-6-3-17(26)4-7-19)30-13-10-20(11-14-30)32-23-9-12-28-22-8-5-18(27)15-21(22)23/h3-9,12,15-16,20,24H,10-11,13-14H2,1-2H3,(H,29,31). The summed E-state index contributed by atoms with van der Waals surface area (Å²) in [7, 11) is 0. The van der Waals surface area contributed by atoms with Gasteiger partial charge in [-0.2, -0.15) is 0 Å². The third-order valence-corrected chi connectivity index (χ3v) is 6.09. The van der Waals surface area contributed by atoms with E-state index in [9.17, 15) is 9.18 Å². The SMILES string of the molecule is CC(C)C(C(=O)Nc1ccc(Cl)cc1)N1CCC(Oc2ccnc3ccc(F)cc23)CC1. The Bertz CT molecular complexity index is 1080. The Labute approximate surface area is 192 Å². The van der Waals surface area contributed by atoms with Gasteiger partial charge in [-0.05, 0) is 67.3 Å². The fourth-order valence-electron chi connectivity index (χ4n) is 4.29. The van der Waals surface area contributed by atoms with Gasteiger partial charge in [0.2, 0.25) is 5.91 Å². The van der Waals surface area contributed by atoms with E-state index in [1.165, 1.54) is 12.1 Å². The van der Waals surface area contributed by atoms with Crippen molar-refractivity contribution in [2.75, 3.05) is 18.4 Å². The smallest absolute Gasteiger partial charge is 0.241 e. The molecule has 1 N–H and O–H groups in total. The molecule has 168 valence electrons. The minimum absolute atomic E-state index is 0.00672. The minimum Gasteiger partial charge on any atom is -0.490 e. The van der Waals surface area contributed by atoms with Crippen molar-refractivity contribution in [2.45, 2.75) is 38.8 Å². The lowest BCUT2D eigenvalue weighted by Crippen LogP contribution is -2.51. The number of fused-ring (bicyclic) bond motifs is 1. The van der Waals surface area contributed by atoms with Crippen LogP contribution in [0.15, 0.2) is 54.7 Å². The molecule has 2 aromatic carbocycles. The molecule has 1 atom stereocenters. The van der Waals surface area contributed by atoms with Crippen molar-refractivity contribution in [1.29, 1.82) is 0 Å². The lowest BCUT2D eigenvalue weighted by atomic mass is 9.97. The Balaban J connectivity index is 1.40. The number of hydrogen-bond donors (Lipinski definition) is 1. The van der Waals surface area contributed by atoms with Gasteiger partial charge in [0.05, 0.1) is 11.6 Å². The van der Waals surface area contributed by atoms with Crippen molar-refractivity contribution in [1.82, 2.24) is 9.88 Å². The largest absolute Gasteiger partial charge is 0.490 e. The fraction of sp³-hybridized carbons (Fsp3) is 0.360. The monoisotopic (exact) mass is 455 g/mol. The van der Waals surface area contributed by atoms with E-state index < -0.39 is 0 Å². The number of piperidine rings is 1. The van der Waals surface area contributed by atoms with E-state index in [-0.39, 0.29) is 29.8 Å². The summed E-state index contributed by atoms with van der Waals surface area (Å²) in [5.74, 6) is 0.481. The van der Waals surface area contributed by atoms with Crippen LogP contribution in [-0.4, -0.2) is 41.0 Å². The molecule has 5 nitrogen and oxygen atoms in total. The molecule has 1 unspecified atom stereocenters. The first-order valence-corrected chi connectivity index (χ1v) is 11.3. The number of pyridine rings is 1. The zero-order valence-electron chi connectivity index (χ0n) is 18.2. The number of rotatable bonds is 6. The zero-order chi connectivity index (χ0) is 22.7. The number of amides is 1. The molecule has 0 aliphatic carbocycles. The van der Waals surface area contributed by atoms with E-state index in [4.69, 9.17) is 16.3 Å². The summed E-state index contributed by atoms with van der Waals surface area (Å²) in [6.45, 7) is 5.62. The van der Waals surface area contributed by atoms with Gasteiger partial charge >= 0.3 is 0 Å². The molecule has 1 aromatic heterocycles. The third kappa shape index (κ3) is 5.19. The van der Waals surface area contributed by atoms with E-state index in [1.807, 2.05) is 0 Å². The van der Waals surface area contributed by atoms with Crippen LogP contribution in [0.3, 0.4) is 0 Å². The molecule has 3 aromatic rings. The summed E-state index contributed by atoms with van der Waals surface area (Å²) in [6, 6.07) is 13.2. The first-order valence-electron chi connectivity index (χ1n) is 10.9. The van der Waals surface area contributed by atoms with Gasteiger partial charge in [-0.1, -0.05) is 25.4 Å². The van der Waals surface area contributed by atoms with Crippen LogP contribution in [0.2, 0.25) is 5.02 Å². The third-order valence-electron chi connectivity index (χ3n) is 5.84. The normalized spacial score (nSPS) is 16.3. The summed E-state index contributed by atoms with van der Waals surface area (Å²) in [4.78, 5) is 19.5. The van der Waals surface area contributed by atoms with Gasteiger partial charge in [0.1, 0.15) is 17.7 Å².